The standard InChI is InChI=1S/C7H5N3O4/c11-6-4(14-7(12)13)2-1-3-5(6)9-10-8-3/h1-2,11H,(H,12,13)(H,8,9,10). The van der Waals surface area contributed by atoms with Crippen molar-refractivity contribution in [3.63, 3.8) is 0 Å². The summed E-state index contributed by atoms with van der Waals surface area (Å²) in [4.78, 5) is 10.2. The second-order valence-corrected chi connectivity index (χ2v) is 2.49. The molecule has 1 aromatic heterocycles. The van der Waals surface area contributed by atoms with Crippen LogP contribution in [0.15, 0.2) is 12.1 Å². The molecule has 1 aromatic carbocycles. The topological polar surface area (TPSA) is 108 Å². The fourth-order valence-electron chi connectivity index (χ4n) is 1.06. The molecule has 2 aromatic rings. The fourth-order valence-corrected chi connectivity index (χ4v) is 1.06. The molecule has 0 radical (unpaired) electrons. The Morgan fingerprint density at radius 2 is 2.29 bits per heavy atom. The molecule has 3 N–H and O–H groups in total. The predicted octanol–water partition coefficient (Wildman–Crippen LogP) is 0.720. The van der Waals surface area contributed by atoms with Gasteiger partial charge in [-0.15, -0.1) is 5.10 Å². The summed E-state index contributed by atoms with van der Waals surface area (Å²) in [5.74, 6) is -0.516. The number of aromatic amines is 1. The summed E-state index contributed by atoms with van der Waals surface area (Å²) >= 11 is 0. The molecule has 0 unspecified atom stereocenters. The van der Waals surface area contributed by atoms with Crippen molar-refractivity contribution in [3.05, 3.63) is 12.1 Å². The molecule has 0 aliphatic heterocycles. The number of phenols is 1. The van der Waals surface area contributed by atoms with Crippen LogP contribution in [0.1, 0.15) is 0 Å². The predicted molar refractivity (Wildman–Crippen MR) is 44.2 cm³/mol. The van der Waals surface area contributed by atoms with Crippen molar-refractivity contribution in [2.45, 2.75) is 0 Å². The van der Waals surface area contributed by atoms with Gasteiger partial charge in [0.15, 0.2) is 17.0 Å². The Labute approximate surface area is 76.9 Å². The SMILES string of the molecule is O=C(O)Oc1ccc2[nH]nnc2c1O. The third kappa shape index (κ3) is 1.20. The van der Waals surface area contributed by atoms with E-state index < -0.39 is 6.16 Å². The van der Waals surface area contributed by atoms with E-state index in [4.69, 9.17) is 5.11 Å². The number of rotatable bonds is 1. The van der Waals surface area contributed by atoms with Crippen molar-refractivity contribution >= 4 is 17.2 Å². The maximum atomic E-state index is 10.2. The molecule has 0 amide bonds. The molecule has 0 saturated heterocycles. The third-order valence-electron chi connectivity index (χ3n) is 1.63. The lowest BCUT2D eigenvalue weighted by atomic mass is 10.3. The van der Waals surface area contributed by atoms with Crippen LogP contribution < -0.4 is 4.74 Å². The Hall–Kier alpha value is -2.31. The number of hydrogen-bond donors (Lipinski definition) is 3. The number of H-pyrrole nitrogens is 1. The molecule has 1 heterocycles. The van der Waals surface area contributed by atoms with E-state index in [1.165, 1.54) is 12.1 Å². The Morgan fingerprint density at radius 1 is 1.50 bits per heavy atom. The molecule has 0 fully saturated rings. The third-order valence-corrected chi connectivity index (χ3v) is 1.63. The zero-order valence-corrected chi connectivity index (χ0v) is 6.76. The number of carboxylic acid groups (broad SMARTS) is 1. The average molecular weight is 195 g/mol. The molecule has 0 aliphatic rings. The zero-order valence-electron chi connectivity index (χ0n) is 6.76. The van der Waals surface area contributed by atoms with Gasteiger partial charge in [-0.1, -0.05) is 5.21 Å². The largest absolute Gasteiger partial charge is 0.511 e. The molecule has 0 atom stereocenters. The molecule has 0 aliphatic carbocycles. The molecule has 7 heteroatoms. The smallest absolute Gasteiger partial charge is 0.503 e. The number of aromatic hydroxyl groups is 1. The number of hydrogen-bond acceptors (Lipinski definition) is 5. The Kier molecular flexibility index (Phi) is 1.70. The summed E-state index contributed by atoms with van der Waals surface area (Å²) < 4.78 is 4.31. The summed E-state index contributed by atoms with van der Waals surface area (Å²) in [6.07, 6.45) is -1.50. The van der Waals surface area contributed by atoms with Gasteiger partial charge in [0, 0.05) is 0 Å². The maximum absolute atomic E-state index is 10.2. The molecular formula is C7H5N3O4. The fraction of sp³-hybridized carbons (Fsp3) is 0. The Morgan fingerprint density at radius 3 is 3.00 bits per heavy atom. The minimum Gasteiger partial charge on any atom is -0.503 e. The van der Waals surface area contributed by atoms with E-state index in [-0.39, 0.29) is 17.0 Å². The van der Waals surface area contributed by atoms with Gasteiger partial charge in [0.1, 0.15) is 0 Å². The van der Waals surface area contributed by atoms with E-state index in [0.29, 0.717) is 5.52 Å². The van der Waals surface area contributed by atoms with Gasteiger partial charge >= 0.3 is 6.16 Å². The monoisotopic (exact) mass is 195 g/mol. The number of nitrogens with zero attached hydrogens (tertiary/aromatic N) is 2. The van der Waals surface area contributed by atoms with Crippen LogP contribution in [0, 0.1) is 0 Å². The highest BCUT2D eigenvalue weighted by Gasteiger charge is 2.12. The van der Waals surface area contributed by atoms with Gasteiger partial charge < -0.3 is 14.9 Å². The van der Waals surface area contributed by atoms with Crippen LogP contribution in [0.2, 0.25) is 0 Å². The number of aromatic nitrogens is 3. The Balaban J connectivity index is 2.56. The first-order valence-corrected chi connectivity index (χ1v) is 3.62. The molecular weight excluding hydrogens is 190 g/mol. The average Bonchev–Trinajstić information content (AvgIpc) is 2.57. The van der Waals surface area contributed by atoms with Crippen molar-refractivity contribution in [1.29, 1.82) is 0 Å². The van der Waals surface area contributed by atoms with Crippen LogP contribution in [0.25, 0.3) is 11.0 Å². The van der Waals surface area contributed by atoms with E-state index in [2.05, 4.69) is 20.1 Å². The molecule has 7 nitrogen and oxygen atoms in total. The van der Waals surface area contributed by atoms with Gasteiger partial charge in [0.05, 0.1) is 5.52 Å². The van der Waals surface area contributed by atoms with Crippen LogP contribution in [0.5, 0.6) is 11.5 Å². The van der Waals surface area contributed by atoms with Crippen molar-refractivity contribution in [2.75, 3.05) is 0 Å². The van der Waals surface area contributed by atoms with Crippen LogP contribution in [-0.2, 0) is 0 Å². The summed E-state index contributed by atoms with van der Waals surface area (Å²) in [6.45, 7) is 0. The first-order valence-electron chi connectivity index (χ1n) is 3.62. The molecule has 2 rings (SSSR count). The highest BCUT2D eigenvalue weighted by Crippen LogP contribution is 2.31. The minimum atomic E-state index is -1.50. The lowest BCUT2D eigenvalue weighted by Gasteiger charge is -2.01. The van der Waals surface area contributed by atoms with Gasteiger partial charge in [-0.05, 0) is 12.1 Å². The van der Waals surface area contributed by atoms with E-state index in [1.807, 2.05) is 0 Å². The summed E-state index contributed by atoms with van der Waals surface area (Å²) in [6, 6.07) is 2.82. The number of carbonyl (C=O) groups is 1. The molecule has 0 bridgehead atoms. The van der Waals surface area contributed by atoms with Gasteiger partial charge in [-0.3, -0.25) is 5.10 Å². The number of ether oxygens (including phenoxy) is 1. The zero-order chi connectivity index (χ0) is 10.1. The molecule has 72 valence electrons. The first-order chi connectivity index (χ1) is 6.68. The van der Waals surface area contributed by atoms with Gasteiger partial charge in [-0.25, -0.2) is 4.79 Å². The van der Waals surface area contributed by atoms with Crippen molar-refractivity contribution < 1.29 is 19.7 Å². The number of benzene rings is 1. The quantitative estimate of drug-likeness (QED) is 0.457. The molecule has 0 spiro atoms. The maximum Gasteiger partial charge on any atom is 0.511 e. The highest BCUT2D eigenvalue weighted by atomic mass is 16.7. The lowest BCUT2D eigenvalue weighted by molar-refractivity contribution is 0.143. The minimum absolute atomic E-state index is 0.168. The lowest BCUT2D eigenvalue weighted by Crippen LogP contribution is -2.02. The van der Waals surface area contributed by atoms with Gasteiger partial charge in [0.2, 0.25) is 0 Å². The number of phenolic OH excluding ortho intramolecular Hbond substituents is 1. The summed E-state index contributed by atoms with van der Waals surface area (Å²) in [5.41, 5.74) is 0.670. The van der Waals surface area contributed by atoms with Crippen molar-refractivity contribution in [2.24, 2.45) is 0 Å². The van der Waals surface area contributed by atoms with Crippen LogP contribution in [-0.4, -0.2) is 31.8 Å². The normalized spacial score (nSPS) is 10.3. The van der Waals surface area contributed by atoms with Crippen molar-refractivity contribution in [3.8, 4) is 11.5 Å². The van der Waals surface area contributed by atoms with Crippen molar-refractivity contribution in [1.82, 2.24) is 15.4 Å². The van der Waals surface area contributed by atoms with Gasteiger partial charge in [-0.2, -0.15) is 0 Å². The van der Waals surface area contributed by atoms with Crippen LogP contribution in [0.3, 0.4) is 0 Å². The number of nitrogens with one attached hydrogen (secondary N) is 1. The Bertz CT molecular complexity index is 493. The second-order valence-electron chi connectivity index (χ2n) is 2.49. The van der Waals surface area contributed by atoms with Crippen LogP contribution >= 0.6 is 0 Å². The molecule has 0 saturated carbocycles. The highest BCUT2D eigenvalue weighted by molar-refractivity contribution is 5.84. The molecule has 14 heavy (non-hydrogen) atoms. The van der Waals surface area contributed by atoms with E-state index in [9.17, 15) is 9.90 Å². The van der Waals surface area contributed by atoms with Crippen LogP contribution in [0.4, 0.5) is 4.79 Å². The van der Waals surface area contributed by atoms with E-state index in [1.54, 1.807) is 0 Å². The van der Waals surface area contributed by atoms with E-state index >= 15 is 0 Å². The summed E-state index contributed by atoms with van der Waals surface area (Å²) in [7, 11) is 0. The first kappa shape index (κ1) is 8.30. The number of fused-ring (bicyclic) bond motifs is 1. The van der Waals surface area contributed by atoms with E-state index in [0.717, 1.165) is 0 Å². The summed E-state index contributed by atoms with van der Waals surface area (Å²) in [5, 5.41) is 27.3. The second kappa shape index (κ2) is 2.87. The van der Waals surface area contributed by atoms with Gasteiger partial charge in [0.25, 0.3) is 0 Å².